The SMILES string of the molecule is O=c1c(-c2ccccc2)c(O)c2cc([N+](=O)[O-])cnc2n1OCc1ccccc1. The zero-order valence-electron chi connectivity index (χ0n) is 15.1. The summed E-state index contributed by atoms with van der Waals surface area (Å²) in [5.74, 6) is -0.382. The number of aromatic nitrogens is 2. The first-order chi connectivity index (χ1) is 14.1. The van der Waals surface area contributed by atoms with E-state index in [0.717, 1.165) is 16.5 Å². The highest BCUT2D eigenvalue weighted by Crippen LogP contribution is 2.33. The zero-order valence-corrected chi connectivity index (χ0v) is 15.1. The maximum Gasteiger partial charge on any atom is 0.296 e. The van der Waals surface area contributed by atoms with Crippen LogP contribution in [-0.4, -0.2) is 19.7 Å². The van der Waals surface area contributed by atoms with Gasteiger partial charge in [-0.3, -0.25) is 14.9 Å². The molecular weight excluding hydrogens is 374 g/mol. The van der Waals surface area contributed by atoms with Crippen LogP contribution in [0.5, 0.6) is 5.75 Å². The smallest absolute Gasteiger partial charge is 0.296 e. The molecule has 144 valence electrons. The second-order valence-electron chi connectivity index (χ2n) is 6.27. The minimum absolute atomic E-state index is 0.00582. The molecule has 8 nitrogen and oxygen atoms in total. The van der Waals surface area contributed by atoms with E-state index in [0.29, 0.717) is 5.56 Å². The van der Waals surface area contributed by atoms with Crippen LogP contribution in [0.3, 0.4) is 0 Å². The summed E-state index contributed by atoms with van der Waals surface area (Å²) in [6.45, 7) is 0.0769. The van der Waals surface area contributed by atoms with Crippen molar-refractivity contribution in [3.05, 3.63) is 99.0 Å². The molecule has 29 heavy (non-hydrogen) atoms. The van der Waals surface area contributed by atoms with Crippen LogP contribution in [0.1, 0.15) is 5.56 Å². The predicted molar refractivity (Wildman–Crippen MR) is 106 cm³/mol. The fourth-order valence-electron chi connectivity index (χ4n) is 3.01. The summed E-state index contributed by atoms with van der Waals surface area (Å²) >= 11 is 0. The number of rotatable bonds is 5. The van der Waals surface area contributed by atoms with Gasteiger partial charge < -0.3 is 9.94 Å². The first-order valence-corrected chi connectivity index (χ1v) is 8.71. The number of aromatic hydroxyl groups is 1. The number of pyridine rings is 2. The van der Waals surface area contributed by atoms with E-state index < -0.39 is 10.5 Å². The third-order valence-electron chi connectivity index (χ3n) is 4.41. The zero-order chi connectivity index (χ0) is 20.4. The largest absolute Gasteiger partial charge is 0.506 e. The molecule has 0 atom stereocenters. The summed E-state index contributed by atoms with van der Waals surface area (Å²) in [6, 6.07) is 18.9. The van der Waals surface area contributed by atoms with Crippen LogP contribution >= 0.6 is 0 Å². The molecule has 0 amide bonds. The van der Waals surface area contributed by atoms with Gasteiger partial charge >= 0.3 is 0 Å². The Kier molecular flexibility index (Phi) is 4.66. The Morgan fingerprint density at radius 2 is 1.72 bits per heavy atom. The van der Waals surface area contributed by atoms with Gasteiger partial charge in [-0.25, -0.2) is 4.98 Å². The molecule has 0 fully saturated rings. The molecule has 0 saturated carbocycles. The van der Waals surface area contributed by atoms with Crippen molar-refractivity contribution < 1.29 is 14.9 Å². The minimum Gasteiger partial charge on any atom is -0.506 e. The Bertz CT molecular complexity index is 1250. The van der Waals surface area contributed by atoms with Crippen LogP contribution in [0.25, 0.3) is 22.2 Å². The third kappa shape index (κ3) is 3.39. The molecule has 0 spiro atoms. The Hall–Kier alpha value is -4.20. The number of hydrogen-bond donors (Lipinski definition) is 1. The molecular formula is C21H15N3O5. The van der Waals surface area contributed by atoms with Crippen molar-refractivity contribution in [3.63, 3.8) is 0 Å². The maximum atomic E-state index is 13.1. The number of fused-ring (bicyclic) bond motifs is 1. The van der Waals surface area contributed by atoms with Crippen LogP contribution in [0.2, 0.25) is 0 Å². The lowest BCUT2D eigenvalue weighted by molar-refractivity contribution is -0.385. The predicted octanol–water partition coefficient (Wildman–Crippen LogP) is 3.31. The summed E-state index contributed by atoms with van der Waals surface area (Å²) in [7, 11) is 0. The summed E-state index contributed by atoms with van der Waals surface area (Å²) in [5.41, 5.74) is 0.338. The van der Waals surface area contributed by atoms with Gasteiger partial charge in [0.2, 0.25) is 0 Å². The van der Waals surface area contributed by atoms with Crippen molar-refractivity contribution in [2.75, 3.05) is 0 Å². The van der Waals surface area contributed by atoms with Gasteiger partial charge in [-0.2, -0.15) is 0 Å². The van der Waals surface area contributed by atoms with Crippen LogP contribution in [0.4, 0.5) is 5.69 Å². The molecule has 0 aliphatic heterocycles. The van der Waals surface area contributed by atoms with E-state index in [4.69, 9.17) is 4.84 Å². The summed E-state index contributed by atoms with van der Waals surface area (Å²) in [4.78, 5) is 33.4. The standard InChI is InChI=1S/C21H15N3O5/c25-19-17-11-16(24(27)28)12-22-20(17)23(29-13-14-7-3-1-4-8-14)21(26)18(19)15-9-5-2-6-10-15/h1-12,25H,13H2. The molecule has 0 unspecified atom stereocenters. The monoisotopic (exact) mass is 389 g/mol. The van der Waals surface area contributed by atoms with Crippen LogP contribution < -0.4 is 10.4 Å². The lowest BCUT2D eigenvalue weighted by Crippen LogP contribution is -2.29. The van der Waals surface area contributed by atoms with Crippen molar-refractivity contribution in [1.29, 1.82) is 0 Å². The van der Waals surface area contributed by atoms with Crippen molar-refractivity contribution in [3.8, 4) is 16.9 Å². The maximum absolute atomic E-state index is 13.1. The molecule has 0 saturated heterocycles. The summed E-state index contributed by atoms with van der Waals surface area (Å²) in [5, 5.41) is 22.0. The van der Waals surface area contributed by atoms with Gasteiger partial charge in [-0.15, -0.1) is 4.73 Å². The van der Waals surface area contributed by atoms with Gasteiger partial charge in [0.05, 0.1) is 15.9 Å². The Labute approximate surface area is 164 Å². The average Bonchev–Trinajstić information content (AvgIpc) is 2.75. The fraction of sp³-hybridized carbons (Fsp3) is 0.0476. The molecule has 0 radical (unpaired) electrons. The van der Waals surface area contributed by atoms with Crippen LogP contribution in [0, 0.1) is 10.1 Å². The van der Waals surface area contributed by atoms with Crippen molar-refractivity contribution in [2.24, 2.45) is 0 Å². The molecule has 2 heterocycles. The number of benzene rings is 2. The van der Waals surface area contributed by atoms with Gasteiger partial charge in [-0.05, 0) is 11.1 Å². The lowest BCUT2D eigenvalue weighted by Gasteiger charge is -2.15. The lowest BCUT2D eigenvalue weighted by atomic mass is 10.0. The molecule has 0 aliphatic carbocycles. The van der Waals surface area contributed by atoms with E-state index in [1.165, 1.54) is 6.07 Å². The second kappa shape index (κ2) is 7.43. The normalized spacial score (nSPS) is 10.8. The van der Waals surface area contributed by atoms with Gasteiger partial charge in [-0.1, -0.05) is 60.7 Å². The van der Waals surface area contributed by atoms with E-state index in [2.05, 4.69) is 4.98 Å². The van der Waals surface area contributed by atoms with Crippen molar-refractivity contribution in [2.45, 2.75) is 6.61 Å². The Morgan fingerprint density at radius 3 is 2.38 bits per heavy atom. The van der Waals surface area contributed by atoms with E-state index >= 15 is 0 Å². The minimum atomic E-state index is -0.617. The average molecular weight is 389 g/mol. The van der Waals surface area contributed by atoms with Crippen LogP contribution in [0.15, 0.2) is 77.7 Å². The highest BCUT2D eigenvalue weighted by atomic mass is 16.7. The Morgan fingerprint density at radius 1 is 1.07 bits per heavy atom. The van der Waals surface area contributed by atoms with E-state index in [-0.39, 0.29) is 34.6 Å². The molecule has 2 aromatic heterocycles. The second-order valence-corrected chi connectivity index (χ2v) is 6.27. The number of nitro groups is 1. The quantitative estimate of drug-likeness (QED) is 0.414. The number of hydrogen-bond acceptors (Lipinski definition) is 6. The van der Waals surface area contributed by atoms with Gasteiger partial charge in [0.25, 0.3) is 11.2 Å². The molecule has 4 aromatic rings. The molecule has 0 bridgehead atoms. The molecule has 8 heteroatoms. The van der Waals surface area contributed by atoms with Gasteiger partial charge in [0.15, 0.2) is 5.65 Å². The summed E-state index contributed by atoms with van der Waals surface area (Å²) < 4.78 is 0.966. The van der Waals surface area contributed by atoms with Crippen molar-refractivity contribution >= 4 is 16.7 Å². The van der Waals surface area contributed by atoms with Gasteiger partial charge in [0, 0.05) is 6.07 Å². The topological polar surface area (TPSA) is 107 Å². The highest BCUT2D eigenvalue weighted by molar-refractivity contribution is 5.91. The molecule has 1 N–H and O–H groups in total. The first-order valence-electron chi connectivity index (χ1n) is 8.71. The fourth-order valence-corrected chi connectivity index (χ4v) is 3.01. The van der Waals surface area contributed by atoms with Gasteiger partial charge in [0.1, 0.15) is 18.6 Å². The third-order valence-corrected chi connectivity index (χ3v) is 4.41. The van der Waals surface area contributed by atoms with E-state index in [9.17, 15) is 20.0 Å². The van der Waals surface area contributed by atoms with Crippen LogP contribution in [-0.2, 0) is 6.61 Å². The molecule has 0 aliphatic rings. The first kappa shape index (κ1) is 18.2. The Balaban J connectivity index is 1.95. The molecule has 2 aromatic carbocycles. The van der Waals surface area contributed by atoms with E-state index in [1.807, 2.05) is 30.3 Å². The molecule has 4 rings (SSSR count). The van der Waals surface area contributed by atoms with Crippen molar-refractivity contribution in [1.82, 2.24) is 9.71 Å². The van der Waals surface area contributed by atoms with E-state index in [1.54, 1.807) is 30.3 Å². The highest BCUT2D eigenvalue weighted by Gasteiger charge is 2.22. The number of nitrogens with zero attached hydrogens (tertiary/aromatic N) is 3. The summed E-state index contributed by atoms with van der Waals surface area (Å²) in [6.07, 6.45) is 1.02.